The Hall–Kier alpha value is -2.49. The predicted molar refractivity (Wildman–Crippen MR) is 78.5 cm³/mol. The smallest absolute Gasteiger partial charge is 0.279 e. The van der Waals surface area contributed by atoms with Crippen molar-refractivity contribution >= 4 is 11.6 Å². The van der Waals surface area contributed by atoms with Gasteiger partial charge >= 0.3 is 0 Å². The quantitative estimate of drug-likeness (QED) is 0.702. The van der Waals surface area contributed by atoms with E-state index in [0.29, 0.717) is 18.9 Å². The van der Waals surface area contributed by atoms with Gasteiger partial charge in [-0.3, -0.25) is 4.79 Å². The number of anilines is 1. The van der Waals surface area contributed by atoms with Crippen LogP contribution in [-0.2, 0) is 17.9 Å². The molecule has 1 unspecified atom stereocenters. The number of nitrogens with zero attached hydrogens (tertiary/aromatic N) is 4. The Bertz CT molecular complexity index is 721. The van der Waals surface area contributed by atoms with Gasteiger partial charge in [-0.25, -0.2) is 17.9 Å². The van der Waals surface area contributed by atoms with E-state index >= 15 is 0 Å². The number of aryl methyl sites for hydroxylation is 1. The second-order valence-corrected chi connectivity index (χ2v) is 5.40. The Morgan fingerprint density at radius 3 is 2.75 bits per heavy atom. The molecule has 1 atom stereocenters. The van der Waals surface area contributed by atoms with Gasteiger partial charge in [-0.05, 0) is 29.0 Å². The molecule has 0 saturated carbocycles. The van der Waals surface area contributed by atoms with E-state index in [2.05, 4.69) is 20.8 Å². The molecule has 24 heavy (non-hydrogen) atoms. The molecule has 1 aromatic carbocycles. The van der Waals surface area contributed by atoms with Crippen molar-refractivity contribution in [3.05, 3.63) is 35.4 Å². The standard InChI is InChI=1S/C14H17F3N6O/c1-3-6-23-11(19-20-21-23)7-22(2)8-12(24)18-10-5-4-9(15)13(16)14(10)17/h4-5H,3,6-8H2,1-2H3,(H,18,24)/p+1. The molecule has 0 radical (unpaired) electrons. The summed E-state index contributed by atoms with van der Waals surface area (Å²) >= 11 is 0. The number of hydrogen-bond acceptors (Lipinski definition) is 4. The number of aromatic nitrogens is 4. The van der Waals surface area contributed by atoms with E-state index in [0.717, 1.165) is 23.5 Å². The minimum Gasteiger partial charge on any atom is -0.323 e. The topological polar surface area (TPSA) is 77.1 Å². The molecule has 0 aliphatic carbocycles. The first-order valence-corrected chi connectivity index (χ1v) is 7.42. The van der Waals surface area contributed by atoms with Crippen LogP contribution < -0.4 is 10.2 Å². The highest BCUT2D eigenvalue weighted by atomic mass is 19.2. The SMILES string of the molecule is CCCn1nnnc1C[NH+](C)CC(=O)Nc1ccc(F)c(F)c1F. The number of tetrazole rings is 1. The molecular formula is C14H18F3N6O+. The van der Waals surface area contributed by atoms with Crippen molar-refractivity contribution in [2.75, 3.05) is 18.9 Å². The number of quaternary nitrogens is 1. The zero-order valence-electron chi connectivity index (χ0n) is 13.3. The number of hydrogen-bond donors (Lipinski definition) is 2. The third-order valence-corrected chi connectivity index (χ3v) is 3.27. The molecule has 10 heteroatoms. The summed E-state index contributed by atoms with van der Waals surface area (Å²) in [6.07, 6.45) is 0.868. The van der Waals surface area contributed by atoms with Gasteiger partial charge < -0.3 is 10.2 Å². The van der Waals surface area contributed by atoms with E-state index in [4.69, 9.17) is 0 Å². The van der Waals surface area contributed by atoms with Gasteiger partial charge in [0.25, 0.3) is 5.91 Å². The summed E-state index contributed by atoms with van der Waals surface area (Å²) in [5, 5.41) is 13.6. The van der Waals surface area contributed by atoms with Gasteiger partial charge in [0.05, 0.1) is 12.7 Å². The largest absolute Gasteiger partial charge is 0.323 e. The summed E-state index contributed by atoms with van der Waals surface area (Å²) < 4.78 is 41.2. The van der Waals surface area contributed by atoms with Crippen molar-refractivity contribution in [3.8, 4) is 0 Å². The van der Waals surface area contributed by atoms with Gasteiger partial charge in [-0.1, -0.05) is 6.92 Å². The summed E-state index contributed by atoms with van der Waals surface area (Å²) in [5.41, 5.74) is -0.400. The van der Waals surface area contributed by atoms with E-state index in [-0.39, 0.29) is 6.54 Å². The minimum absolute atomic E-state index is 0.0164. The summed E-state index contributed by atoms with van der Waals surface area (Å²) in [5.74, 6) is -4.26. The van der Waals surface area contributed by atoms with Crippen LogP contribution in [0.5, 0.6) is 0 Å². The molecule has 2 N–H and O–H groups in total. The summed E-state index contributed by atoms with van der Waals surface area (Å²) in [4.78, 5) is 12.7. The van der Waals surface area contributed by atoms with Crippen LogP contribution in [0.3, 0.4) is 0 Å². The van der Waals surface area contributed by atoms with Crippen LogP contribution in [0.4, 0.5) is 18.9 Å². The number of carbonyl (C=O) groups excluding carboxylic acids is 1. The molecule has 2 aromatic rings. The van der Waals surface area contributed by atoms with Crippen LogP contribution in [0.1, 0.15) is 19.2 Å². The molecular weight excluding hydrogens is 325 g/mol. The second kappa shape index (κ2) is 7.86. The molecule has 0 saturated heterocycles. The first-order valence-electron chi connectivity index (χ1n) is 7.42. The van der Waals surface area contributed by atoms with Gasteiger partial charge in [0.15, 0.2) is 24.0 Å². The van der Waals surface area contributed by atoms with E-state index in [1.165, 1.54) is 0 Å². The normalized spacial score (nSPS) is 12.2. The van der Waals surface area contributed by atoms with Crippen LogP contribution in [0, 0.1) is 17.5 Å². The molecule has 0 aliphatic heterocycles. The molecule has 1 aromatic heterocycles. The maximum absolute atomic E-state index is 13.5. The Kier molecular flexibility index (Phi) is 5.85. The Morgan fingerprint density at radius 1 is 1.29 bits per heavy atom. The average Bonchev–Trinajstić information content (AvgIpc) is 2.95. The van der Waals surface area contributed by atoms with Crippen molar-refractivity contribution < 1.29 is 22.9 Å². The molecule has 0 bridgehead atoms. The van der Waals surface area contributed by atoms with Crippen LogP contribution in [0.25, 0.3) is 0 Å². The Labute approximate surface area is 136 Å². The summed E-state index contributed by atoms with van der Waals surface area (Å²) in [6.45, 7) is 3.03. The maximum atomic E-state index is 13.5. The number of carbonyl (C=O) groups is 1. The molecule has 0 aliphatic rings. The molecule has 1 amide bonds. The number of nitrogens with one attached hydrogen (secondary N) is 2. The van der Waals surface area contributed by atoms with Gasteiger partial charge in [0.2, 0.25) is 5.82 Å². The lowest BCUT2D eigenvalue weighted by molar-refractivity contribution is -0.886. The molecule has 0 spiro atoms. The number of likely N-dealkylation sites (N-methyl/N-ethyl adjacent to an activating group) is 1. The lowest BCUT2D eigenvalue weighted by Gasteiger charge is -2.13. The zero-order chi connectivity index (χ0) is 17.7. The number of rotatable bonds is 7. The highest BCUT2D eigenvalue weighted by Gasteiger charge is 2.18. The van der Waals surface area contributed by atoms with E-state index in [1.54, 1.807) is 11.7 Å². The van der Waals surface area contributed by atoms with Crippen LogP contribution in [-0.4, -0.2) is 39.7 Å². The Balaban J connectivity index is 1.94. The van der Waals surface area contributed by atoms with E-state index in [9.17, 15) is 18.0 Å². The minimum atomic E-state index is -1.62. The third-order valence-electron chi connectivity index (χ3n) is 3.27. The lowest BCUT2D eigenvalue weighted by Crippen LogP contribution is -3.08. The number of benzene rings is 1. The molecule has 0 fully saturated rings. The molecule has 130 valence electrons. The fourth-order valence-electron chi connectivity index (χ4n) is 2.16. The first-order chi connectivity index (χ1) is 11.4. The number of halogens is 3. The highest BCUT2D eigenvalue weighted by molar-refractivity contribution is 5.91. The molecule has 7 nitrogen and oxygen atoms in total. The predicted octanol–water partition coefficient (Wildman–Crippen LogP) is 0.154. The van der Waals surface area contributed by atoms with Crippen LogP contribution in [0.15, 0.2) is 12.1 Å². The summed E-state index contributed by atoms with van der Waals surface area (Å²) in [7, 11) is 1.74. The van der Waals surface area contributed by atoms with E-state index < -0.39 is 29.0 Å². The van der Waals surface area contributed by atoms with Crippen molar-refractivity contribution in [2.24, 2.45) is 0 Å². The average molecular weight is 343 g/mol. The van der Waals surface area contributed by atoms with Crippen molar-refractivity contribution in [1.29, 1.82) is 0 Å². The maximum Gasteiger partial charge on any atom is 0.279 e. The van der Waals surface area contributed by atoms with Gasteiger partial charge in [-0.2, -0.15) is 0 Å². The van der Waals surface area contributed by atoms with Gasteiger partial charge in [-0.15, -0.1) is 5.10 Å². The van der Waals surface area contributed by atoms with Gasteiger partial charge in [0.1, 0.15) is 6.54 Å². The lowest BCUT2D eigenvalue weighted by atomic mass is 10.2. The van der Waals surface area contributed by atoms with Crippen LogP contribution >= 0.6 is 0 Å². The third kappa shape index (κ3) is 4.28. The van der Waals surface area contributed by atoms with Gasteiger partial charge in [0, 0.05) is 6.54 Å². The molecule has 1 heterocycles. The summed E-state index contributed by atoms with van der Waals surface area (Å²) in [6, 6.07) is 1.73. The van der Waals surface area contributed by atoms with Crippen molar-refractivity contribution in [2.45, 2.75) is 26.4 Å². The van der Waals surface area contributed by atoms with Crippen LogP contribution in [0.2, 0.25) is 0 Å². The zero-order valence-corrected chi connectivity index (χ0v) is 13.3. The first kappa shape index (κ1) is 17.9. The van der Waals surface area contributed by atoms with Crippen molar-refractivity contribution in [1.82, 2.24) is 20.2 Å². The molecule has 2 rings (SSSR count). The highest BCUT2D eigenvalue weighted by Crippen LogP contribution is 2.19. The number of amides is 1. The van der Waals surface area contributed by atoms with E-state index in [1.807, 2.05) is 6.92 Å². The Morgan fingerprint density at radius 2 is 2.04 bits per heavy atom. The second-order valence-electron chi connectivity index (χ2n) is 5.40. The fourth-order valence-corrected chi connectivity index (χ4v) is 2.16. The monoisotopic (exact) mass is 343 g/mol. The van der Waals surface area contributed by atoms with Crippen molar-refractivity contribution in [3.63, 3.8) is 0 Å². The fraction of sp³-hybridized carbons (Fsp3) is 0.429.